The minimum absolute atomic E-state index is 0.0681. The second-order valence-corrected chi connectivity index (χ2v) is 5.89. The Morgan fingerprint density at radius 3 is 2.35 bits per heavy atom. The van der Waals surface area contributed by atoms with Crippen molar-refractivity contribution in [2.75, 3.05) is 0 Å². The summed E-state index contributed by atoms with van der Waals surface area (Å²) in [6, 6.07) is 5.41. The van der Waals surface area contributed by atoms with Crippen molar-refractivity contribution in [3.63, 3.8) is 0 Å². The molecule has 0 radical (unpaired) electrons. The molecule has 110 valence electrons. The molecular weight excluding hydrogens is 322 g/mol. The molecular formula is C15H20BrNO3. The third-order valence-electron chi connectivity index (χ3n) is 3.65. The molecule has 0 aliphatic heterocycles. The zero-order chi connectivity index (χ0) is 15.3. The van der Waals surface area contributed by atoms with E-state index in [9.17, 15) is 9.59 Å². The van der Waals surface area contributed by atoms with E-state index in [2.05, 4.69) is 21.2 Å². The van der Waals surface area contributed by atoms with Gasteiger partial charge < -0.3 is 10.4 Å². The maximum atomic E-state index is 12.4. The summed E-state index contributed by atoms with van der Waals surface area (Å²) in [5, 5.41) is 11.9. The van der Waals surface area contributed by atoms with E-state index in [4.69, 9.17) is 5.11 Å². The van der Waals surface area contributed by atoms with E-state index in [1.807, 2.05) is 26.8 Å². The van der Waals surface area contributed by atoms with E-state index in [1.54, 1.807) is 12.1 Å². The number of hydrogen-bond acceptors (Lipinski definition) is 2. The molecule has 0 unspecified atom stereocenters. The van der Waals surface area contributed by atoms with Gasteiger partial charge in [-0.2, -0.15) is 0 Å². The smallest absolute Gasteiger partial charge is 0.305 e. The Hall–Kier alpha value is -1.36. The van der Waals surface area contributed by atoms with Crippen LogP contribution in [0.4, 0.5) is 0 Å². The van der Waals surface area contributed by atoms with Crippen LogP contribution in [0.25, 0.3) is 0 Å². The predicted octanol–water partition coefficient (Wildman–Crippen LogP) is 3.52. The lowest BCUT2D eigenvalue weighted by Gasteiger charge is -2.31. The molecule has 5 heteroatoms. The molecule has 0 spiro atoms. The van der Waals surface area contributed by atoms with Crippen molar-refractivity contribution in [2.24, 2.45) is 0 Å². The van der Waals surface area contributed by atoms with Crippen molar-refractivity contribution < 1.29 is 14.7 Å². The van der Waals surface area contributed by atoms with E-state index < -0.39 is 11.5 Å². The van der Waals surface area contributed by atoms with Crippen LogP contribution in [0, 0.1) is 6.92 Å². The fourth-order valence-electron chi connectivity index (χ4n) is 2.20. The zero-order valence-corrected chi connectivity index (χ0v) is 13.6. The Morgan fingerprint density at radius 1 is 1.30 bits per heavy atom. The average molecular weight is 342 g/mol. The summed E-state index contributed by atoms with van der Waals surface area (Å²) in [6.07, 6.45) is 1.09. The highest BCUT2D eigenvalue weighted by atomic mass is 79.9. The summed E-state index contributed by atoms with van der Waals surface area (Å²) < 4.78 is 0.911. The van der Waals surface area contributed by atoms with Crippen LogP contribution >= 0.6 is 15.9 Å². The van der Waals surface area contributed by atoms with Crippen molar-refractivity contribution in [2.45, 2.75) is 45.6 Å². The van der Waals surface area contributed by atoms with Crippen LogP contribution in [-0.2, 0) is 4.79 Å². The molecule has 4 nitrogen and oxygen atoms in total. The molecule has 1 rings (SSSR count). The van der Waals surface area contributed by atoms with Crippen LogP contribution in [0.3, 0.4) is 0 Å². The van der Waals surface area contributed by atoms with Crippen LogP contribution in [0.1, 0.15) is 49.0 Å². The number of nitrogens with one attached hydrogen (secondary N) is 1. The van der Waals surface area contributed by atoms with Crippen LogP contribution in [0.2, 0.25) is 0 Å². The SMILES string of the molecule is CCC(CC)(CC(=O)O)NC(=O)c1ccc(Br)cc1C. The third kappa shape index (κ3) is 4.07. The number of amides is 1. The van der Waals surface area contributed by atoms with Gasteiger partial charge in [-0.1, -0.05) is 29.8 Å². The molecule has 1 amide bonds. The number of carboxylic acids is 1. The second kappa shape index (κ2) is 6.88. The van der Waals surface area contributed by atoms with Crippen LogP contribution in [-0.4, -0.2) is 22.5 Å². The minimum Gasteiger partial charge on any atom is -0.481 e. The van der Waals surface area contributed by atoms with Gasteiger partial charge in [-0.05, 0) is 43.5 Å². The second-order valence-electron chi connectivity index (χ2n) is 4.97. The normalized spacial score (nSPS) is 11.2. The summed E-state index contributed by atoms with van der Waals surface area (Å²) in [4.78, 5) is 23.4. The number of carboxylic acid groups (broad SMARTS) is 1. The number of aliphatic carboxylic acids is 1. The number of halogens is 1. The van der Waals surface area contributed by atoms with Gasteiger partial charge in [0.25, 0.3) is 5.91 Å². The maximum Gasteiger partial charge on any atom is 0.305 e. The Bertz CT molecular complexity index is 510. The molecule has 2 N–H and O–H groups in total. The fraction of sp³-hybridized carbons (Fsp3) is 0.467. The monoisotopic (exact) mass is 341 g/mol. The largest absolute Gasteiger partial charge is 0.481 e. The lowest BCUT2D eigenvalue weighted by Crippen LogP contribution is -2.49. The molecule has 0 heterocycles. The minimum atomic E-state index is -0.901. The van der Waals surface area contributed by atoms with E-state index >= 15 is 0 Å². The highest BCUT2D eigenvalue weighted by Crippen LogP contribution is 2.22. The Labute approximate surface area is 127 Å². The summed E-state index contributed by atoms with van der Waals surface area (Å²) in [5.74, 6) is -1.12. The van der Waals surface area contributed by atoms with Crippen molar-refractivity contribution in [3.05, 3.63) is 33.8 Å². The first-order chi connectivity index (χ1) is 9.33. The highest BCUT2D eigenvalue weighted by Gasteiger charge is 2.31. The molecule has 20 heavy (non-hydrogen) atoms. The molecule has 1 aromatic rings. The van der Waals surface area contributed by atoms with Crippen LogP contribution in [0.15, 0.2) is 22.7 Å². The van der Waals surface area contributed by atoms with Crippen LogP contribution < -0.4 is 5.32 Å². The number of carbonyl (C=O) groups is 2. The lowest BCUT2D eigenvalue weighted by molar-refractivity contribution is -0.138. The standard InChI is InChI=1S/C15H20BrNO3/c1-4-15(5-2,9-13(18)19)17-14(20)12-7-6-11(16)8-10(12)3/h6-8H,4-5,9H2,1-3H3,(H,17,20)(H,18,19). The first-order valence-electron chi connectivity index (χ1n) is 6.64. The third-order valence-corrected chi connectivity index (χ3v) is 4.15. The van der Waals surface area contributed by atoms with Gasteiger partial charge in [0.15, 0.2) is 0 Å². The molecule has 0 fully saturated rings. The Kier molecular flexibility index (Phi) is 5.74. The van der Waals surface area contributed by atoms with Gasteiger partial charge in [0.2, 0.25) is 0 Å². The number of hydrogen-bond donors (Lipinski definition) is 2. The molecule has 0 aliphatic carbocycles. The number of carbonyl (C=O) groups excluding carboxylic acids is 1. The number of benzene rings is 1. The summed E-state index contributed by atoms with van der Waals surface area (Å²) in [6.45, 7) is 5.64. The first kappa shape index (κ1) is 16.7. The van der Waals surface area contributed by atoms with Crippen molar-refractivity contribution >= 4 is 27.8 Å². The van der Waals surface area contributed by atoms with Crippen molar-refractivity contribution in [1.82, 2.24) is 5.32 Å². The molecule has 0 saturated heterocycles. The topological polar surface area (TPSA) is 66.4 Å². The van der Waals surface area contributed by atoms with Gasteiger partial charge in [-0.15, -0.1) is 0 Å². The van der Waals surface area contributed by atoms with E-state index in [0.717, 1.165) is 10.0 Å². The van der Waals surface area contributed by atoms with Gasteiger partial charge in [0, 0.05) is 10.0 Å². The van der Waals surface area contributed by atoms with Crippen molar-refractivity contribution in [3.8, 4) is 0 Å². The fourth-order valence-corrected chi connectivity index (χ4v) is 2.68. The summed E-state index contributed by atoms with van der Waals surface area (Å²) in [5.41, 5.74) is 0.737. The molecule has 1 aromatic carbocycles. The van der Waals surface area contributed by atoms with Crippen molar-refractivity contribution in [1.29, 1.82) is 0 Å². The summed E-state index contributed by atoms with van der Waals surface area (Å²) in [7, 11) is 0. The van der Waals surface area contributed by atoms with Gasteiger partial charge in [-0.3, -0.25) is 9.59 Å². The molecule has 0 aliphatic rings. The van der Waals surface area contributed by atoms with E-state index in [-0.39, 0.29) is 12.3 Å². The zero-order valence-electron chi connectivity index (χ0n) is 12.0. The summed E-state index contributed by atoms with van der Waals surface area (Å²) >= 11 is 3.36. The average Bonchev–Trinajstić information content (AvgIpc) is 2.37. The molecule has 0 saturated carbocycles. The molecule has 0 atom stereocenters. The molecule has 0 aromatic heterocycles. The van der Waals surface area contributed by atoms with E-state index in [0.29, 0.717) is 18.4 Å². The van der Waals surface area contributed by atoms with Gasteiger partial charge in [-0.25, -0.2) is 0 Å². The predicted molar refractivity (Wildman–Crippen MR) is 81.9 cm³/mol. The Morgan fingerprint density at radius 2 is 1.90 bits per heavy atom. The first-order valence-corrected chi connectivity index (χ1v) is 7.43. The quantitative estimate of drug-likeness (QED) is 0.831. The van der Waals surface area contributed by atoms with Gasteiger partial charge >= 0.3 is 5.97 Å². The number of aryl methyl sites for hydroxylation is 1. The van der Waals surface area contributed by atoms with Gasteiger partial charge in [0.1, 0.15) is 0 Å². The van der Waals surface area contributed by atoms with Gasteiger partial charge in [0.05, 0.1) is 12.0 Å². The van der Waals surface area contributed by atoms with E-state index in [1.165, 1.54) is 0 Å². The Balaban J connectivity index is 2.99. The molecule has 0 bridgehead atoms. The number of rotatable bonds is 6. The lowest BCUT2D eigenvalue weighted by atomic mass is 9.88. The maximum absolute atomic E-state index is 12.4. The highest BCUT2D eigenvalue weighted by molar-refractivity contribution is 9.10. The van der Waals surface area contributed by atoms with Crippen LogP contribution in [0.5, 0.6) is 0 Å².